The maximum Gasteiger partial charge on any atom is 0.0205 e. The summed E-state index contributed by atoms with van der Waals surface area (Å²) in [5.74, 6) is 0. The van der Waals surface area contributed by atoms with Crippen molar-refractivity contribution in [3.63, 3.8) is 0 Å². The van der Waals surface area contributed by atoms with Crippen LogP contribution >= 0.6 is 15.9 Å². The Morgan fingerprint density at radius 1 is 1.40 bits per heavy atom. The monoisotopic (exact) mass is 270 g/mol. The van der Waals surface area contributed by atoms with Crippen molar-refractivity contribution < 1.29 is 0 Å². The highest BCUT2D eigenvalue weighted by molar-refractivity contribution is 9.10. The minimum absolute atomic E-state index is 0.0791. The van der Waals surface area contributed by atoms with E-state index >= 15 is 0 Å². The second-order valence-corrected chi connectivity index (χ2v) is 5.46. The average Bonchev–Trinajstić information content (AvgIpc) is 2.11. The van der Waals surface area contributed by atoms with Crippen LogP contribution in [0.25, 0.3) is 0 Å². The highest BCUT2D eigenvalue weighted by Gasteiger charge is 2.08. The molecule has 0 unspecified atom stereocenters. The number of hydrogen-bond acceptors (Lipinski definition) is 2. The van der Waals surface area contributed by atoms with Gasteiger partial charge in [-0.15, -0.1) is 0 Å². The molecule has 0 heterocycles. The molecule has 0 fully saturated rings. The summed E-state index contributed by atoms with van der Waals surface area (Å²) >= 11 is 3.46. The molecule has 0 aliphatic heterocycles. The molecular formula is C12H19BrN2. The summed E-state index contributed by atoms with van der Waals surface area (Å²) in [6.07, 6.45) is 0.987. The van der Waals surface area contributed by atoms with Crippen LogP contribution in [0.5, 0.6) is 0 Å². The summed E-state index contributed by atoms with van der Waals surface area (Å²) in [6, 6.07) is 8.33. The highest BCUT2D eigenvalue weighted by atomic mass is 79.9. The lowest BCUT2D eigenvalue weighted by Crippen LogP contribution is -2.35. The third-order valence-corrected chi connectivity index (χ3v) is 2.66. The zero-order valence-corrected chi connectivity index (χ0v) is 11.0. The van der Waals surface area contributed by atoms with Crippen LogP contribution in [-0.2, 0) is 6.54 Å². The van der Waals surface area contributed by atoms with Crippen LogP contribution in [0.4, 0.5) is 0 Å². The quantitative estimate of drug-likeness (QED) is 0.808. The minimum Gasteiger partial charge on any atom is -0.326 e. The van der Waals surface area contributed by atoms with Crippen LogP contribution in [0.2, 0.25) is 0 Å². The van der Waals surface area contributed by atoms with Crippen LogP contribution in [-0.4, -0.2) is 12.1 Å². The van der Waals surface area contributed by atoms with Crippen LogP contribution < -0.4 is 11.1 Å². The molecule has 0 aliphatic rings. The van der Waals surface area contributed by atoms with E-state index in [1.165, 1.54) is 5.56 Å². The molecule has 0 amide bonds. The topological polar surface area (TPSA) is 38.0 Å². The number of halogens is 1. The Kier molecular flexibility index (Phi) is 4.77. The molecule has 1 aromatic rings. The molecule has 0 atom stereocenters. The van der Waals surface area contributed by atoms with Gasteiger partial charge >= 0.3 is 0 Å². The summed E-state index contributed by atoms with van der Waals surface area (Å²) in [6.45, 7) is 5.95. The second kappa shape index (κ2) is 5.64. The Balaban J connectivity index is 2.26. The maximum atomic E-state index is 5.89. The van der Waals surface area contributed by atoms with Crippen molar-refractivity contribution in [1.82, 2.24) is 5.32 Å². The molecule has 1 rings (SSSR count). The lowest BCUT2D eigenvalue weighted by molar-refractivity contribution is 0.455. The summed E-state index contributed by atoms with van der Waals surface area (Å²) < 4.78 is 1.13. The molecule has 0 aromatic heterocycles. The molecule has 2 nitrogen and oxygen atoms in total. The van der Waals surface area contributed by atoms with Gasteiger partial charge in [-0.25, -0.2) is 0 Å². The third kappa shape index (κ3) is 5.92. The molecule has 1 aromatic carbocycles. The van der Waals surface area contributed by atoms with E-state index < -0.39 is 0 Å². The van der Waals surface area contributed by atoms with Gasteiger partial charge < -0.3 is 11.1 Å². The first kappa shape index (κ1) is 12.7. The fourth-order valence-electron chi connectivity index (χ4n) is 1.29. The largest absolute Gasteiger partial charge is 0.326 e. The molecule has 0 saturated carbocycles. The summed E-state index contributed by atoms with van der Waals surface area (Å²) in [5, 5.41) is 3.38. The maximum absolute atomic E-state index is 5.89. The minimum atomic E-state index is -0.0791. The van der Waals surface area contributed by atoms with Gasteiger partial charge in [0.1, 0.15) is 0 Å². The van der Waals surface area contributed by atoms with Crippen molar-refractivity contribution in [2.24, 2.45) is 5.73 Å². The molecule has 3 heteroatoms. The van der Waals surface area contributed by atoms with Crippen LogP contribution in [0.3, 0.4) is 0 Å². The van der Waals surface area contributed by atoms with E-state index in [4.69, 9.17) is 5.73 Å². The molecule has 84 valence electrons. The molecule has 3 N–H and O–H groups in total. The molecule has 0 spiro atoms. The number of nitrogens with one attached hydrogen (secondary N) is 1. The van der Waals surface area contributed by atoms with E-state index in [1.54, 1.807) is 0 Å². The normalized spacial score (nSPS) is 11.7. The summed E-state index contributed by atoms with van der Waals surface area (Å²) in [4.78, 5) is 0. The first-order valence-corrected chi connectivity index (χ1v) is 6.01. The van der Waals surface area contributed by atoms with Gasteiger partial charge in [0.15, 0.2) is 0 Å². The second-order valence-electron chi connectivity index (χ2n) is 4.55. The SMILES string of the molecule is CC(C)(N)CCNCc1cccc(Br)c1. The van der Waals surface area contributed by atoms with Crippen LogP contribution in [0.15, 0.2) is 28.7 Å². The lowest BCUT2D eigenvalue weighted by Gasteiger charge is -2.18. The van der Waals surface area contributed by atoms with Crippen LogP contribution in [0.1, 0.15) is 25.8 Å². The van der Waals surface area contributed by atoms with Crippen molar-refractivity contribution in [2.45, 2.75) is 32.4 Å². The van der Waals surface area contributed by atoms with Crippen molar-refractivity contribution in [2.75, 3.05) is 6.54 Å². The molecule has 0 radical (unpaired) electrons. The Morgan fingerprint density at radius 2 is 2.13 bits per heavy atom. The van der Waals surface area contributed by atoms with Gasteiger partial charge in [-0.3, -0.25) is 0 Å². The van der Waals surface area contributed by atoms with E-state index in [0.717, 1.165) is 24.0 Å². The molecule has 0 saturated heterocycles. The fraction of sp³-hybridized carbons (Fsp3) is 0.500. The molecule has 0 bridgehead atoms. The fourth-order valence-corrected chi connectivity index (χ4v) is 1.74. The van der Waals surface area contributed by atoms with Crippen molar-refractivity contribution >= 4 is 15.9 Å². The molecule has 15 heavy (non-hydrogen) atoms. The van der Waals surface area contributed by atoms with Gasteiger partial charge in [-0.2, -0.15) is 0 Å². The zero-order chi connectivity index (χ0) is 11.3. The van der Waals surface area contributed by atoms with Gasteiger partial charge in [-0.1, -0.05) is 28.1 Å². The summed E-state index contributed by atoms with van der Waals surface area (Å²) in [5.41, 5.74) is 7.10. The van der Waals surface area contributed by atoms with E-state index in [9.17, 15) is 0 Å². The highest BCUT2D eigenvalue weighted by Crippen LogP contribution is 2.11. The predicted molar refractivity (Wildman–Crippen MR) is 68.7 cm³/mol. The number of nitrogens with two attached hydrogens (primary N) is 1. The Hall–Kier alpha value is -0.380. The molecule has 0 aliphatic carbocycles. The Labute approximate surface area is 100 Å². The van der Waals surface area contributed by atoms with Gasteiger partial charge in [0.25, 0.3) is 0 Å². The van der Waals surface area contributed by atoms with E-state index in [0.29, 0.717) is 0 Å². The lowest BCUT2D eigenvalue weighted by atomic mass is 10.0. The first-order chi connectivity index (χ1) is 6.97. The average molecular weight is 271 g/mol. The first-order valence-electron chi connectivity index (χ1n) is 5.21. The predicted octanol–water partition coefficient (Wildman–Crippen LogP) is 2.67. The molecular weight excluding hydrogens is 252 g/mol. The van der Waals surface area contributed by atoms with Gasteiger partial charge in [-0.05, 0) is 44.5 Å². The van der Waals surface area contributed by atoms with E-state index in [2.05, 4.69) is 33.4 Å². The van der Waals surface area contributed by atoms with Crippen molar-refractivity contribution in [3.05, 3.63) is 34.3 Å². The Morgan fingerprint density at radius 3 is 2.73 bits per heavy atom. The number of benzene rings is 1. The number of rotatable bonds is 5. The van der Waals surface area contributed by atoms with E-state index in [-0.39, 0.29) is 5.54 Å². The van der Waals surface area contributed by atoms with Gasteiger partial charge in [0.05, 0.1) is 0 Å². The number of hydrogen-bond donors (Lipinski definition) is 2. The van der Waals surface area contributed by atoms with E-state index in [1.807, 2.05) is 26.0 Å². The van der Waals surface area contributed by atoms with Crippen molar-refractivity contribution in [3.8, 4) is 0 Å². The summed E-state index contributed by atoms with van der Waals surface area (Å²) in [7, 11) is 0. The van der Waals surface area contributed by atoms with Gasteiger partial charge in [0.2, 0.25) is 0 Å². The third-order valence-electron chi connectivity index (χ3n) is 2.16. The van der Waals surface area contributed by atoms with Gasteiger partial charge in [0, 0.05) is 16.6 Å². The standard InChI is InChI=1S/C12H19BrN2/c1-12(2,14)6-7-15-9-10-4-3-5-11(13)8-10/h3-5,8,15H,6-7,9,14H2,1-2H3. The zero-order valence-electron chi connectivity index (χ0n) is 9.39. The smallest absolute Gasteiger partial charge is 0.0205 e. The Bertz CT molecular complexity index is 305. The van der Waals surface area contributed by atoms with Crippen molar-refractivity contribution in [1.29, 1.82) is 0 Å². The van der Waals surface area contributed by atoms with Crippen LogP contribution in [0, 0.1) is 0 Å².